The second-order valence-electron chi connectivity index (χ2n) is 5.58. The van der Waals surface area contributed by atoms with Crippen LogP contribution in [-0.4, -0.2) is 35.0 Å². The van der Waals surface area contributed by atoms with E-state index >= 15 is 0 Å². The Morgan fingerprint density at radius 3 is 2.62 bits per heavy atom. The van der Waals surface area contributed by atoms with Crippen molar-refractivity contribution < 1.29 is 4.79 Å². The van der Waals surface area contributed by atoms with Gasteiger partial charge in [-0.05, 0) is 27.2 Å². The predicted octanol–water partition coefficient (Wildman–Crippen LogP) is 1.77. The van der Waals surface area contributed by atoms with Crippen LogP contribution in [0.5, 0.6) is 0 Å². The molecule has 2 unspecified atom stereocenters. The zero-order valence-corrected chi connectivity index (χ0v) is 11.6. The Kier molecular flexibility index (Phi) is 5.12. The third-order valence-electron chi connectivity index (χ3n) is 2.50. The lowest BCUT2D eigenvalue weighted by Crippen LogP contribution is -2.42. The number of carbonyl (C=O) groups is 1. The molecular formula is C12H24N2OS. The van der Waals surface area contributed by atoms with Crippen molar-refractivity contribution in [2.75, 3.05) is 12.3 Å². The lowest BCUT2D eigenvalue weighted by Gasteiger charge is -2.20. The van der Waals surface area contributed by atoms with Crippen LogP contribution in [0, 0.1) is 0 Å². The molecule has 16 heavy (non-hydrogen) atoms. The maximum atomic E-state index is 11.5. The molecule has 2 atom stereocenters. The lowest BCUT2D eigenvalue weighted by molar-refractivity contribution is -0.122. The van der Waals surface area contributed by atoms with Gasteiger partial charge in [0.15, 0.2) is 0 Å². The van der Waals surface area contributed by atoms with E-state index in [0.29, 0.717) is 12.5 Å². The van der Waals surface area contributed by atoms with Gasteiger partial charge < -0.3 is 10.6 Å². The summed E-state index contributed by atoms with van der Waals surface area (Å²) in [6.45, 7) is 9.08. The minimum absolute atomic E-state index is 0.116. The van der Waals surface area contributed by atoms with E-state index in [0.717, 1.165) is 11.8 Å². The summed E-state index contributed by atoms with van der Waals surface area (Å²) < 4.78 is 0. The van der Waals surface area contributed by atoms with E-state index in [4.69, 9.17) is 0 Å². The summed E-state index contributed by atoms with van der Waals surface area (Å²) in [6, 6.07) is 0.599. The van der Waals surface area contributed by atoms with Crippen molar-refractivity contribution in [2.45, 2.75) is 57.4 Å². The molecule has 1 rings (SSSR count). The molecule has 0 spiro atoms. The predicted molar refractivity (Wildman–Crippen MR) is 70.8 cm³/mol. The first-order valence-corrected chi connectivity index (χ1v) is 7.08. The fourth-order valence-corrected chi connectivity index (χ4v) is 3.01. The van der Waals surface area contributed by atoms with Crippen molar-refractivity contribution in [3.8, 4) is 0 Å². The van der Waals surface area contributed by atoms with Crippen LogP contribution in [0.3, 0.4) is 0 Å². The lowest BCUT2D eigenvalue weighted by atomic mass is 10.1. The van der Waals surface area contributed by atoms with Crippen LogP contribution in [0.4, 0.5) is 0 Å². The molecule has 1 aliphatic rings. The zero-order chi connectivity index (χ0) is 12.2. The molecule has 1 amide bonds. The van der Waals surface area contributed by atoms with Crippen LogP contribution in [0.15, 0.2) is 0 Å². The number of thioether (sulfide) groups is 1. The highest BCUT2D eigenvalue weighted by Crippen LogP contribution is 2.25. The number of hydrogen-bond donors (Lipinski definition) is 2. The van der Waals surface area contributed by atoms with E-state index in [1.807, 2.05) is 32.5 Å². The molecule has 0 aromatic carbocycles. The summed E-state index contributed by atoms with van der Waals surface area (Å²) in [5.41, 5.74) is -0.116. The Labute approximate surface area is 103 Å². The molecule has 1 aliphatic heterocycles. The van der Waals surface area contributed by atoms with Crippen LogP contribution in [-0.2, 0) is 4.79 Å². The number of amides is 1. The van der Waals surface area contributed by atoms with Crippen molar-refractivity contribution in [1.29, 1.82) is 0 Å². The molecule has 2 N–H and O–H groups in total. The van der Waals surface area contributed by atoms with Gasteiger partial charge >= 0.3 is 0 Å². The normalized spacial score (nSPS) is 25.8. The minimum atomic E-state index is -0.116. The van der Waals surface area contributed by atoms with E-state index in [-0.39, 0.29) is 11.4 Å². The summed E-state index contributed by atoms with van der Waals surface area (Å²) in [5.74, 6) is 1.32. The molecule has 1 heterocycles. The second kappa shape index (κ2) is 5.92. The maximum Gasteiger partial charge on any atom is 0.221 e. The fraction of sp³-hybridized carbons (Fsp3) is 0.917. The first-order valence-electron chi connectivity index (χ1n) is 6.03. The number of nitrogens with one attached hydrogen (secondary N) is 2. The van der Waals surface area contributed by atoms with E-state index in [1.54, 1.807) is 0 Å². The molecule has 0 bridgehead atoms. The van der Waals surface area contributed by atoms with E-state index < -0.39 is 0 Å². The fourth-order valence-electron chi connectivity index (χ4n) is 1.83. The van der Waals surface area contributed by atoms with Crippen molar-refractivity contribution in [1.82, 2.24) is 10.6 Å². The summed E-state index contributed by atoms with van der Waals surface area (Å²) >= 11 is 2.01. The zero-order valence-electron chi connectivity index (χ0n) is 10.8. The van der Waals surface area contributed by atoms with E-state index in [9.17, 15) is 4.79 Å². The molecule has 0 aromatic heterocycles. The SMILES string of the molecule is CC1CC(NCCC(=O)NC(C)(C)C)CS1. The molecule has 0 saturated carbocycles. The van der Waals surface area contributed by atoms with Gasteiger partial charge in [0.2, 0.25) is 5.91 Å². The van der Waals surface area contributed by atoms with E-state index in [2.05, 4.69) is 17.6 Å². The van der Waals surface area contributed by atoms with Crippen molar-refractivity contribution >= 4 is 17.7 Å². The average molecular weight is 244 g/mol. The Balaban J connectivity index is 2.09. The van der Waals surface area contributed by atoms with Crippen LogP contribution in [0.1, 0.15) is 40.5 Å². The Morgan fingerprint density at radius 1 is 1.44 bits per heavy atom. The highest BCUT2D eigenvalue weighted by molar-refractivity contribution is 8.00. The Morgan fingerprint density at radius 2 is 2.12 bits per heavy atom. The molecule has 94 valence electrons. The largest absolute Gasteiger partial charge is 0.351 e. The molecular weight excluding hydrogens is 220 g/mol. The highest BCUT2D eigenvalue weighted by Gasteiger charge is 2.21. The van der Waals surface area contributed by atoms with Gasteiger partial charge in [0.1, 0.15) is 0 Å². The van der Waals surface area contributed by atoms with Crippen molar-refractivity contribution in [3.63, 3.8) is 0 Å². The molecule has 0 aromatic rings. The molecule has 0 aliphatic carbocycles. The molecule has 1 fully saturated rings. The van der Waals surface area contributed by atoms with Crippen LogP contribution < -0.4 is 10.6 Å². The smallest absolute Gasteiger partial charge is 0.221 e. The van der Waals surface area contributed by atoms with Crippen LogP contribution in [0.2, 0.25) is 0 Å². The van der Waals surface area contributed by atoms with E-state index in [1.165, 1.54) is 12.2 Å². The standard InChI is InChI=1S/C12H24N2OS/c1-9-7-10(8-16-9)13-6-5-11(15)14-12(2,3)4/h9-10,13H,5-8H2,1-4H3,(H,14,15). The summed E-state index contributed by atoms with van der Waals surface area (Å²) in [4.78, 5) is 11.5. The molecule has 1 saturated heterocycles. The summed E-state index contributed by atoms with van der Waals surface area (Å²) in [6.07, 6.45) is 1.80. The minimum Gasteiger partial charge on any atom is -0.351 e. The first-order chi connectivity index (χ1) is 7.37. The third-order valence-corrected chi connectivity index (χ3v) is 3.85. The summed E-state index contributed by atoms with van der Waals surface area (Å²) in [7, 11) is 0. The first kappa shape index (κ1) is 13.8. The van der Waals surface area contributed by atoms with Crippen molar-refractivity contribution in [2.24, 2.45) is 0 Å². The monoisotopic (exact) mass is 244 g/mol. The second-order valence-corrected chi connectivity index (χ2v) is 7.05. The van der Waals surface area contributed by atoms with Gasteiger partial charge in [0.25, 0.3) is 0 Å². The van der Waals surface area contributed by atoms with Crippen LogP contribution in [0.25, 0.3) is 0 Å². The molecule has 0 radical (unpaired) electrons. The van der Waals surface area contributed by atoms with Gasteiger partial charge in [-0.15, -0.1) is 0 Å². The average Bonchev–Trinajstić information content (AvgIpc) is 2.48. The van der Waals surface area contributed by atoms with Gasteiger partial charge in [-0.2, -0.15) is 11.8 Å². The van der Waals surface area contributed by atoms with Gasteiger partial charge in [0.05, 0.1) is 0 Å². The third kappa shape index (κ3) is 5.75. The topological polar surface area (TPSA) is 41.1 Å². The van der Waals surface area contributed by atoms with Crippen LogP contribution >= 0.6 is 11.8 Å². The van der Waals surface area contributed by atoms with Gasteiger partial charge in [-0.1, -0.05) is 6.92 Å². The van der Waals surface area contributed by atoms with Gasteiger partial charge in [0, 0.05) is 35.5 Å². The number of rotatable bonds is 4. The Bertz CT molecular complexity index is 238. The van der Waals surface area contributed by atoms with Crippen molar-refractivity contribution in [3.05, 3.63) is 0 Å². The molecule has 3 nitrogen and oxygen atoms in total. The number of hydrogen-bond acceptors (Lipinski definition) is 3. The maximum absolute atomic E-state index is 11.5. The number of carbonyl (C=O) groups excluding carboxylic acids is 1. The summed E-state index contributed by atoms with van der Waals surface area (Å²) in [5, 5.41) is 7.18. The Hall–Kier alpha value is -0.220. The quantitative estimate of drug-likeness (QED) is 0.792. The highest BCUT2D eigenvalue weighted by atomic mass is 32.2. The van der Waals surface area contributed by atoms with Gasteiger partial charge in [-0.3, -0.25) is 4.79 Å². The molecule has 4 heteroatoms. The van der Waals surface area contributed by atoms with Gasteiger partial charge in [-0.25, -0.2) is 0 Å².